The standard InChI is InChI=1S/C11H10N4O3/c1-8-2-3-9(6-10(8)15(17)18)13-11(16)14-5-4-12-7-14/h2-7H,1H3,(H,13,16). The van der Waals surface area contributed by atoms with Crippen LogP contribution in [0.2, 0.25) is 0 Å². The zero-order chi connectivity index (χ0) is 13.1. The van der Waals surface area contributed by atoms with E-state index in [1.165, 1.54) is 29.4 Å². The third kappa shape index (κ3) is 2.34. The molecule has 0 saturated carbocycles. The smallest absolute Gasteiger partial charge is 0.307 e. The van der Waals surface area contributed by atoms with E-state index in [-0.39, 0.29) is 5.69 Å². The fourth-order valence-corrected chi connectivity index (χ4v) is 1.45. The van der Waals surface area contributed by atoms with Gasteiger partial charge in [-0.25, -0.2) is 9.78 Å². The highest BCUT2D eigenvalue weighted by atomic mass is 16.6. The number of aromatic nitrogens is 2. The summed E-state index contributed by atoms with van der Waals surface area (Å²) in [5.74, 6) is 0. The summed E-state index contributed by atoms with van der Waals surface area (Å²) in [5, 5.41) is 13.3. The van der Waals surface area contributed by atoms with Crippen LogP contribution in [0.25, 0.3) is 0 Å². The molecule has 0 radical (unpaired) electrons. The van der Waals surface area contributed by atoms with Crippen molar-refractivity contribution in [3.63, 3.8) is 0 Å². The maximum Gasteiger partial charge on any atom is 0.331 e. The lowest BCUT2D eigenvalue weighted by atomic mass is 10.2. The molecule has 0 bridgehead atoms. The lowest BCUT2D eigenvalue weighted by Crippen LogP contribution is -2.17. The van der Waals surface area contributed by atoms with Gasteiger partial charge in [0.05, 0.1) is 4.92 Å². The predicted octanol–water partition coefficient (Wildman–Crippen LogP) is 2.18. The SMILES string of the molecule is Cc1ccc(NC(=O)n2ccnc2)cc1[N+](=O)[O-]. The van der Waals surface area contributed by atoms with Gasteiger partial charge >= 0.3 is 6.03 Å². The molecule has 0 spiro atoms. The van der Waals surface area contributed by atoms with Gasteiger partial charge in [-0.05, 0) is 13.0 Å². The van der Waals surface area contributed by atoms with Crippen LogP contribution in [-0.4, -0.2) is 20.5 Å². The van der Waals surface area contributed by atoms with Crippen molar-refractivity contribution in [2.45, 2.75) is 6.92 Å². The Hall–Kier alpha value is -2.70. The van der Waals surface area contributed by atoms with E-state index >= 15 is 0 Å². The van der Waals surface area contributed by atoms with Crippen molar-refractivity contribution in [2.75, 3.05) is 5.32 Å². The van der Waals surface area contributed by atoms with Gasteiger partial charge in [-0.2, -0.15) is 0 Å². The van der Waals surface area contributed by atoms with Crippen molar-refractivity contribution in [1.82, 2.24) is 9.55 Å². The molecule has 92 valence electrons. The summed E-state index contributed by atoms with van der Waals surface area (Å²) in [7, 11) is 0. The van der Waals surface area contributed by atoms with Gasteiger partial charge in [0, 0.05) is 29.7 Å². The molecule has 1 N–H and O–H groups in total. The van der Waals surface area contributed by atoms with E-state index < -0.39 is 11.0 Å². The highest BCUT2D eigenvalue weighted by molar-refractivity contribution is 5.91. The average molecular weight is 246 g/mol. The Balaban J connectivity index is 2.22. The summed E-state index contributed by atoms with van der Waals surface area (Å²) in [5.41, 5.74) is 0.880. The lowest BCUT2D eigenvalue weighted by Gasteiger charge is -2.05. The summed E-state index contributed by atoms with van der Waals surface area (Å²) in [6, 6.07) is 4.09. The number of carbonyl (C=O) groups is 1. The number of nitro benzene ring substituents is 1. The number of nitrogens with one attached hydrogen (secondary N) is 1. The maximum absolute atomic E-state index is 11.7. The number of aryl methyl sites for hydroxylation is 1. The van der Waals surface area contributed by atoms with E-state index in [0.29, 0.717) is 11.3 Å². The van der Waals surface area contributed by atoms with E-state index in [0.717, 1.165) is 0 Å². The Morgan fingerprint density at radius 1 is 1.50 bits per heavy atom. The number of carbonyl (C=O) groups excluding carboxylic acids is 1. The number of imidazole rings is 1. The van der Waals surface area contributed by atoms with Gasteiger partial charge in [0.25, 0.3) is 5.69 Å². The minimum Gasteiger partial charge on any atom is -0.307 e. The average Bonchev–Trinajstić information content (AvgIpc) is 2.85. The summed E-state index contributed by atoms with van der Waals surface area (Å²) in [4.78, 5) is 25.7. The van der Waals surface area contributed by atoms with Crippen LogP contribution < -0.4 is 5.32 Å². The second-order valence-electron chi connectivity index (χ2n) is 3.66. The largest absolute Gasteiger partial charge is 0.331 e. The fraction of sp³-hybridized carbons (Fsp3) is 0.0909. The van der Waals surface area contributed by atoms with Crippen molar-refractivity contribution in [1.29, 1.82) is 0 Å². The Kier molecular flexibility index (Phi) is 3.05. The van der Waals surface area contributed by atoms with Crippen LogP contribution in [0.3, 0.4) is 0 Å². The molecular weight excluding hydrogens is 236 g/mol. The molecule has 0 atom stereocenters. The first kappa shape index (κ1) is 11.8. The van der Waals surface area contributed by atoms with E-state index in [9.17, 15) is 14.9 Å². The van der Waals surface area contributed by atoms with E-state index in [2.05, 4.69) is 10.3 Å². The van der Waals surface area contributed by atoms with Gasteiger partial charge < -0.3 is 5.32 Å². The first-order valence-electron chi connectivity index (χ1n) is 5.12. The zero-order valence-electron chi connectivity index (χ0n) is 9.53. The van der Waals surface area contributed by atoms with Crippen molar-refractivity contribution in [3.8, 4) is 0 Å². The van der Waals surface area contributed by atoms with Crippen LogP contribution in [0.1, 0.15) is 5.56 Å². The van der Waals surface area contributed by atoms with Crippen LogP contribution >= 0.6 is 0 Å². The molecular formula is C11H10N4O3. The molecule has 0 unspecified atom stereocenters. The van der Waals surface area contributed by atoms with Gasteiger partial charge in [0.2, 0.25) is 0 Å². The molecule has 1 amide bonds. The molecule has 2 aromatic rings. The number of hydrogen-bond donors (Lipinski definition) is 1. The normalized spacial score (nSPS) is 10.1. The van der Waals surface area contributed by atoms with Crippen LogP contribution in [0.5, 0.6) is 0 Å². The van der Waals surface area contributed by atoms with Crippen LogP contribution in [0, 0.1) is 17.0 Å². The minimum atomic E-state index is -0.484. The van der Waals surface area contributed by atoms with Crippen molar-refractivity contribution in [3.05, 3.63) is 52.6 Å². The second kappa shape index (κ2) is 4.66. The molecule has 1 aromatic heterocycles. The van der Waals surface area contributed by atoms with Gasteiger partial charge in [0.1, 0.15) is 6.33 Å². The first-order chi connectivity index (χ1) is 8.58. The summed E-state index contributed by atoms with van der Waals surface area (Å²) in [6.07, 6.45) is 4.30. The first-order valence-corrected chi connectivity index (χ1v) is 5.12. The highest BCUT2D eigenvalue weighted by Crippen LogP contribution is 2.22. The fourth-order valence-electron chi connectivity index (χ4n) is 1.45. The van der Waals surface area contributed by atoms with Crippen molar-refractivity contribution >= 4 is 17.4 Å². The molecule has 0 aliphatic carbocycles. The van der Waals surface area contributed by atoms with Gasteiger partial charge in [-0.1, -0.05) is 6.07 Å². The maximum atomic E-state index is 11.7. The van der Waals surface area contributed by atoms with Crippen molar-refractivity contribution < 1.29 is 9.72 Å². The summed E-state index contributed by atoms with van der Waals surface area (Å²) in [6.45, 7) is 1.64. The number of benzene rings is 1. The molecule has 1 heterocycles. The Morgan fingerprint density at radius 2 is 2.28 bits per heavy atom. The summed E-state index contributed by atoms with van der Waals surface area (Å²) < 4.78 is 1.24. The van der Waals surface area contributed by atoms with Crippen LogP contribution in [0.15, 0.2) is 36.9 Å². The molecule has 7 nitrogen and oxygen atoms in total. The molecule has 2 rings (SSSR count). The van der Waals surface area contributed by atoms with Crippen LogP contribution in [-0.2, 0) is 0 Å². The minimum absolute atomic E-state index is 0.0292. The molecule has 7 heteroatoms. The van der Waals surface area contributed by atoms with Crippen LogP contribution in [0.4, 0.5) is 16.2 Å². The molecule has 18 heavy (non-hydrogen) atoms. The quantitative estimate of drug-likeness (QED) is 0.649. The highest BCUT2D eigenvalue weighted by Gasteiger charge is 2.12. The summed E-state index contributed by atoms with van der Waals surface area (Å²) >= 11 is 0. The molecule has 0 fully saturated rings. The topological polar surface area (TPSA) is 90.1 Å². The third-order valence-electron chi connectivity index (χ3n) is 2.40. The molecule has 0 aliphatic heterocycles. The number of nitro groups is 1. The number of hydrogen-bond acceptors (Lipinski definition) is 4. The van der Waals surface area contributed by atoms with E-state index in [1.54, 1.807) is 19.1 Å². The number of anilines is 1. The van der Waals surface area contributed by atoms with E-state index in [1.807, 2.05) is 0 Å². The Morgan fingerprint density at radius 3 is 2.89 bits per heavy atom. The third-order valence-corrected chi connectivity index (χ3v) is 2.40. The van der Waals surface area contributed by atoms with Gasteiger partial charge in [-0.3, -0.25) is 14.7 Å². The number of nitrogens with zero attached hydrogens (tertiary/aromatic N) is 3. The molecule has 1 aromatic carbocycles. The predicted molar refractivity (Wildman–Crippen MR) is 64.5 cm³/mol. The Labute approximate surface area is 102 Å². The molecule has 0 saturated heterocycles. The second-order valence-corrected chi connectivity index (χ2v) is 3.66. The number of amides is 1. The van der Waals surface area contributed by atoms with Gasteiger partial charge in [0.15, 0.2) is 0 Å². The lowest BCUT2D eigenvalue weighted by molar-refractivity contribution is -0.385. The van der Waals surface area contributed by atoms with E-state index in [4.69, 9.17) is 0 Å². The monoisotopic (exact) mass is 246 g/mol. The Bertz CT molecular complexity index is 592. The molecule has 0 aliphatic rings. The zero-order valence-corrected chi connectivity index (χ0v) is 9.53. The van der Waals surface area contributed by atoms with Crippen molar-refractivity contribution in [2.24, 2.45) is 0 Å². The number of rotatable bonds is 2. The van der Waals surface area contributed by atoms with Gasteiger partial charge in [-0.15, -0.1) is 0 Å².